The molecule has 1 fully saturated rings. The van der Waals surface area contributed by atoms with Crippen LogP contribution in [0.5, 0.6) is 0 Å². The van der Waals surface area contributed by atoms with Crippen LogP contribution in [0.2, 0.25) is 0 Å². The zero-order valence-electron chi connectivity index (χ0n) is 16.5. The van der Waals surface area contributed by atoms with E-state index in [0.29, 0.717) is 6.54 Å². The quantitative estimate of drug-likeness (QED) is 0.385. The lowest BCUT2D eigenvalue weighted by molar-refractivity contribution is -0.384. The third kappa shape index (κ3) is 7.17. The first-order chi connectivity index (χ1) is 13.0. The van der Waals surface area contributed by atoms with E-state index in [1.54, 1.807) is 12.1 Å². The largest absolute Gasteiger partial charge is 0.369 e. The van der Waals surface area contributed by atoms with Gasteiger partial charge in [-0.1, -0.05) is 32.6 Å². The number of hydrogen-bond acceptors (Lipinski definition) is 5. The van der Waals surface area contributed by atoms with E-state index < -0.39 is 0 Å². The van der Waals surface area contributed by atoms with E-state index in [-0.39, 0.29) is 22.6 Å². The van der Waals surface area contributed by atoms with E-state index in [2.05, 4.69) is 29.0 Å². The molecule has 1 heterocycles. The van der Waals surface area contributed by atoms with Crippen LogP contribution in [0.15, 0.2) is 24.3 Å². The van der Waals surface area contributed by atoms with Crippen molar-refractivity contribution in [2.75, 3.05) is 37.6 Å². The maximum atomic E-state index is 12.2. The number of piperazine rings is 1. The second-order valence-corrected chi connectivity index (χ2v) is 7.35. The molecule has 0 unspecified atom stereocenters. The minimum Gasteiger partial charge on any atom is -0.369 e. The number of unbranched alkanes of at least 4 members (excludes halogenated alkanes) is 3. The molecule has 0 aromatic heterocycles. The van der Waals surface area contributed by atoms with Crippen molar-refractivity contribution in [3.8, 4) is 0 Å². The summed E-state index contributed by atoms with van der Waals surface area (Å²) in [5.41, 5.74) is 1.10. The number of amides is 1. The fraction of sp³-hybridized carbons (Fsp3) is 0.650. The fourth-order valence-corrected chi connectivity index (χ4v) is 3.42. The molecule has 1 aromatic rings. The molecule has 0 saturated carbocycles. The number of nitrogens with zero attached hydrogens (tertiary/aromatic N) is 3. The molecule has 27 heavy (non-hydrogen) atoms. The summed E-state index contributed by atoms with van der Waals surface area (Å²) in [6, 6.07) is 6.89. The van der Waals surface area contributed by atoms with Crippen molar-refractivity contribution < 1.29 is 9.72 Å². The maximum Gasteiger partial charge on any atom is 0.269 e. The fourth-order valence-electron chi connectivity index (χ4n) is 3.42. The Morgan fingerprint density at radius 2 is 1.81 bits per heavy atom. The first-order valence-corrected chi connectivity index (χ1v) is 10.0. The Kier molecular flexibility index (Phi) is 8.51. The minimum atomic E-state index is -0.384. The SMILES string of the molecule is CCCCCC[C@@H](C)NC(=O)CN1CCN(c2ccc([N+](=O)[O-])cc2)CC1. The Morgan fingerprint density at radius 3 is 2.41 bits per heavy atom. The normalized spacial score (nSPS) is 16.1. The molecule has 1 atom stereocenters. The highest BCUT2D eigenvalue weighted by atomic mass is 16.6. The van der Waals surface area contributed by atoms with Gasteiger partial charge < -0.3 is 10.2 Å². The van der Waals surface area contributed by atoms with Gasteiger partial charge in [-0.15, -0.1) is 0 Å². The first kappa shape index (κ1) is 21.2. The monoisotopic (exact) mass is 376 g/mol. The third-order valence-electron chi connectivity index (χ3n) is 5.06. The molecule has 1 aliphatic rings. The molecule has 0 spiro atoms. The standard InChI is InChI=1S/C20H32N4O3/c1-3-4-5-6-7-17(2)21-20(25)16-22-12-14-23(15-13-22)18-8-10-19(11-9-18)24(26)27/h8-11,17H,3-7,12-16H2,1-2H3,(H,21,25)/t17-/m1/s1. The Bertz CT molecular complexity index is 598. The number of nitro groups is 1. The van der Waals surface area contributed by atoms with Crippen LogP contribution in [0.4, 0.5) is 11.4 Å². The van der Waals surface area contributed by atoms with Crippen molar-refractivity contribution in [2.24, 2.45) is 0 Å². The number of hydrogen-bond donors (Lipinski definition) is 1. The van der Waals surface area contributed by atoms with Gasteiger partial charge in [0.15, 0.2) is 0 Å². The average Bonchev–Trinajstić information content (AvgIpc) is 2.66. The number of non-ortho nitro benzene ring substituents is 1. The molecule has 1 saturated heterocycles. The van der Waals surface area contributed by atoms with Crippen molar-refractivity contribution in [3.63, 3.8) is 0 Å². The summed E-state index contributed by atoms with van der Waals surface area (Å²) in [4.78, 5) is 27.0. The smallest absolute Gasteiger partial charge is 0.269 e. The summed E-state index contributed by atoms with van der Waals surface area (Å²) in [6.45, 7) is 7.98. The van der Waals surface area contributed by atoms with Gasteiger partial charge in [0.25, 0.3) is 5.69 Å². The molecule has 1 N–H and O–H groups in total. The van der Waals surface area contributed by atoms with Gasteiger partial charge in [0.1, 0.15) is 0 Å². The number of benzene rings is 1. The predicted molar refractivity (Wildman–Crippen MR) is 108 cm³/mol. The summed E-state index contributed by atoms with van der Waals surface area (Å²) < 4.78 is 0. The second kappa shape index (κ2) is 10.9. The predicted octanol–water partition coefficient (Wildman–Crippen LogP) is 3.19. The lowest BCUT2D eigenvalue weighted by Crippen LogP contribution is -2.50. The first-order valence-electron chi connectivity index (χ1n) is 10.0. The number of rotatable bonds is 10. The van der Waals surface area contributed by atoms with Crippen LogP contribution in [0.3, 0.4) is 0 Å². The minimum absolute atomic E-state index is 0.0989. The molecular weight excluding hydrogens is 344 g/mol. The van der Waals surface area contributed by atoms with Crippen LogP contribution in [0.1, 0.15) is 46.0 Å². The summed E-state index contributed by atoms with van der Waals surface area (Å²) in [5.74, 6) is 0.0989. The van der Waals surface area contributed by atoms with Crippen LogP contribution >= 0.6 is 0 Å². The van der Waals surface area contributed by atoms with Crippen molar-refractivity contribution >= 4 is 17.3 Å². The second-order valence-electron chi connectivity index (χ2n) is 7.35. The van der Waals surface area contributed by atoms with Gasteiger partial charge in [0.2, 0.25) is 5.91 Å². The highest BCUT2D eigenvalue weighted by Crippen LogP contribution is 2.20. The zero-order chi connectivity index (χ0) is 19.6. The van der Waals surface area contributed by atoms with Crippen LogP contribution in [-0.4, -0.2) is 54.5 Å². The van der Waals surface area contributed by atoms with Gasteiger partial charge in [0, 0.05) is 50.0 Å². The molecule has 2 rings (SSSR count). The van der Waals surface area contributed by atoms with E-state index in [0.717, 1.165) is 38.3 Å². The van der Waals surface area contributed by atoms with Crippen LogP contribution in [0.25, 0.3) is 0 Å². The van der Waals surface area contributed by atoms with Gasteiger partial charge >= 0.3 is 0 Å². The molecule has 1 aliphatic heterocycles. The zero-order valence-corrected chi connectivity index (χ0v) is 16.5. The number of anilines is 1. The summed E-state index contributed by atoms with van der Waals surface area (Å²) in [5, 5.41) is 13.9. The van der Waals surface area contributed by atoms with Gasteiger partial charge in [-0.05, 0) is 25.5 Å². The lowest BCUT2D eigenvalue weighted by Gasteiger charge is -2.35. The Morgan fingerprint density at radius 1 is 1.15 bits per heavy atom. The van der Waals surface area contributed by atoms with Crippen molar-refractivity contribution in [2.45, 2.75) is 52.0 Å². The molecule has 0 aliphatic carbocycles. The van der Waals surface area contributed by atoms with E-state index >= 15 is 0 Å². The third-order valence-corrected chi connectivity index (χ3v) is 5.06. The van der Waals surface area contributed by atoms with Gasteiger partial charge in [-0.3, -0.25) is 19.8 Å². The van der Waals surface area contributed by atoms with E-state index in [1.165, 1.54) is 37.8 Å². The average molecular weight is 377 g/mol. The molecule has 150 valence electrons. The van der Waals surface area contributed by atoms with Crippen LogP contribution < -0.4 is 10.2 Å². The topological polar surface area (TPSA) is 78.7 Å². The molecule has 0 radical (unpaired) electrons. The summed E-state index contributed by atoms with van der Waals surface area (Å²) in [6.07, 6.45) is 5.94. The van der Waals surface area contributed by atoms with E-state index in [4.69, 9.17) is 0 Å². The molecule has 7 heteroatoms. The number of nitrogens with one attached hydrogen (secondary N) is 1. The number of nitro benzene ring substituents is 1. The van der Waals surface area contributed by atoms with Gasteiger partial charge in [-0.2, -0.15) is 0 Å². The number of carbonyl (C=O) groups is 1. The number of carbonyl (C=O) groups excluding carboxylic acids is 1. The van der Waals surface area contributed by atoms with Crippen molar-refractivity contribution in [1.82, 2.24) is 10.2 Å². The highest BCUT2D eigenvalue weighted by molar-refractivity contribution is 5.78. The molecule has 7 nitrogen and oxygen atoms in total. The molecule has 1 amide bonds. The lowest BCUT2D eigenvalue weighted by atomic mass is 10.1. The van der Waals surface area contributed by atoms with Crippen molar-refractivity contribution in [3.05, 3.63) is 34.4 Å². The van der Waals surface area contributed by atoms with Crippen molar-refractivity contribution in [1.29, 1.82) is 0 Å². The molecule has 0 bridgehead atoms. The van der Waals surface area contributed by atoms with Crippen LogP contribution in [-0.2, 0) is 4.79 Å². The molecular formula is C20H32N4O3. The highest BCUT2D eigenvalue weighted by Gasteiger charge is 2.20. The van der Waals surface area contributed by atoms with Crippen LogP contribution in [0, 0.1) is 10.1 Å². The molecule has 1 aromatic carbocycles. The van der Waals surface area contributed by atoms with Gasteiger partial charge in [-0.25, -0.2) is 0 Å². The Balaban J connectivity index is 1.69. The Hall–Kier alpha value is -2.15. The van der Waals surface area contributed by atoms with Gasteiger partial charge in [0.05, 0.1) is 11.5 Å². The van der Waals surface area contributed by atoms with E-state index in [9.17, 15) is 14.9 Å². The maximum absolute atomic E-state index is 12.2. The van der Waals surface area contributed by atoms with E-state index in [1.807, 2.05) is 0 Å². The summed E-state index contributed by atoms with van der Waals surface area (Å²) >= 11 is 0. The Labute approximate surface area is 161 Å². The summed E-state index contributed by atoms with van der Waals surface area (Å²) in [7, 11) is 0.